The molecule has 0 fully saturated rings. The van der Waals surface area contributed by atoms with Gasteiger partial charge in [0.25, 0.3) is 0 Å². The van der Waals surface area contributed by atoms with Crippen molar-refractivity contribution in [2.45, 2.75) is 84.5 Å². The Hall–Kier alpha value is -1.94. The van der Waals surface area contributed by atoms with Crippen molar-refractivity contribution in [3.05, 3.63) is 42.2 Å². The second-order valence-corrected chi connectivity index (χ2v) is 7.98. The first kappa shape index (κ1) is 24.3. The van der Waals surface area contributed by atoms with E-state index < -0.39 is 0 Å². The molecule has 0 aliphatic carbocycles. The van der Waals surface area contributed by atoms with Crippen LogP contribution in [0.5, 0.6) is 5.75 Å². The molecule has 1 heterocycles. The standard InChI is InChI=1S/C26H40N2O2/c1-3-5-7-9-13-23-14-16-24(17-15-23)26-27-21-25(22-28-26)30-20-12-11-19-29-18-10-8-6-4-2/h14-17,21-22H,3-13,18-20H2,1-2H3. The summed E-state index contributed by atoms with van der Waals surface area (Å²) < 4.78 is 11.4. The zero-order valence-corrected chi connectivity index (χ0v) is 19.1. The Balaban J connectivity index is 1.61. The van der Waals surface area contributed by atoms with Crippen LogP contribution in [0.3, 0.4) is 0 Å². The predicted molar refractivity (Wildman–Crippen MR) is 125 cm³/mol. The summed E-state index contributed by atoms with van der Waals surface area (Å²) in [6.45, 7) is 6.86. The number of aromatic nitrogens is 2. The number of hydrogen-bond acceptors (Lipinski definition) is 4. The van der Waals surface area contributed by atoms with Crippen molar-refractivity contribution in [1.82, 2.24) is 9.97 Å². The minimum absolute atomic E-state index is 0.675. The van der Waals surface area contributed by atoms with E-state index in [1.807, 2.05) is 0 Å². The molecule has 0 unspecified atom stereocenters. The largest absolute Gasteiger partial charge is 0.490 e. The van der Waals surface area contributed by atoms with Crippen LogP contribution in [0.15, 0.2) is 36.7 Å². The SMILES string of the molecule is CCCCCCOCCCCOc1cnc(-c2ccc(CCCCCC)cc2)nc1. The van der Waals surface area contributed by atoms with Gasteiger partial charge in [0.2, 0.25) is 0 Å². The van der Waals surface area contributed by atoms with E-state index in [9.17, 15) is 0 Å². The Morgan fingerprint density at radius 3 is 1.93 bits per heavy atom. The van der Waals surface area contributed by atoms with E-state index in [4.69, 9.17) is 9.47 Å². The highest BCUT2D eigenvalue weighted by molar-refractivity contribution is 5.55. The van der Waals surface area contributed by atoms with Gasteiger partial charge in [0.05, 0.1) is 19.0 Å². The van der Waals surface area contributed by atoms with Crippen molar-refractivity contribution in [3.8, 4) is 17.1 Å². The number of rotatable bonds is 17. The fraction of sp³-hybridized carbons (Fsp3) is 0.615. The average Bonchev–Trinajstić information content (AvgIpc) is 2.79. The van der Waals surface area contributed by atoms with Gasteiger partial charge in [-0.2, -0.15) is 0 Å². The fourth-order valence-electron chi connectivity index (χ4n) is 3.35. The second-order valence-electron chi connectivity index (χ2n) is 7.98. The van der Waals surface area contributed by atoms with Crippen molar-refractivity contribution in [3.63, 3.8) is 0 Å². The van der Waals surface area contributed by atoms with Crippen molar-refractivity contribution < 1.29 is 9.47 Å². The molecular weight excluding hydrogens is 372 g/mol. The molecule has 0 N–H and O–H groups in total. The molecule has 0 amide bonds. The van der Waals surface area contributed by atoms with Gasteiger partial charge in [0, 0.05) is 18.8 Å². The lowest BCUT2D eigenvalue weighted by atomic mass is 10.0. The number of unbranched alkanes of at least 4 members (excludes halogenated alkanes) is 7. The van der Waals surface area contributed by atoms with E-state index >= 15 is 0 Å². The Bertz CT molecular complexity index is 656. The highest BCUT2D eigenvalue weighted by Crippen LogP contribution is 2.18. The van der Waals surface area contributed by atoms with E-state index in [1.165, 1.54) is 56.9 Å². The van der Waals surface area contributed by atoms with Gasteiger partial charge in [-0.1, -0.05) is 76.6 Å². The molecule has 0 aliphatic rings. The second kappa shape index (κ2) is 15.8. The molecular formula is C26H40N2O2. The number of ether oxygens (including phenoxy) is 2. The average molecular weight is 413 g/mol. The number of nitrogens with zero attached hydrogens (tertiary/aromatic N) is 2. The summed E-state index contributed by atoms with van der Waals surface area (Å²) in [7, 11) is 0. The van der Waals surface area contributed by atoms with Crippen LogP contribution in [0, 0.1) is 0 Å². The molecule has 0 atom stereocenters. The maximum absolute atomic E-state index is 5.76. The van der Waals surface area contributed by atoms with Crippen molar-refractivity contribution in [2.75, 3.05) is 19.8 Å². The summed E-state index contributed by atoms with van der Waals surface area (Å²) in [5.41, 5.74) is 2.44. The first-order chi connectivity index (χ1) is 14.8. The summed E-state index contributed by atoms with van der Waals surface area (Å²) in [5, 5.41) is 0. The van der Waals surface area contributed by atoms with Crippen LogP contribution >= 0.6 is 0 Å². The van der Waals surface area contributed by atoms with Crippen LogP contribution in [0.2, 0.25) is 0 Å². The molecule has 1 aromatic carbocycles. The molecule has 1 aromatic heterocycles. The highest BCUT2D eigenvalue weighted by atomic mass is 16.5. The molecule has 2 rings (SSSR count). The van der Waals surface area contributed by atoms with Gasteiger partial charge < -0.3 is 9.47 Å². The van der Waals surface area contributed by atoms with Crippen LogP contribution in [0.1, 0.15) is 83.6 Å². The summed E-state index contributed by atoms with van der Waals surface area (Å²) in [4.78, 5) is 8.94. The number of hydrogen-bond donors (Lipinski definition) is 0. The molecule has 0 saturated carbocycles. The Morgan fingerprint density at radius 1 is 0.667 bits per heavy atom. The number of aryl methyl sites for hydroxylation is 1. The molecule has 4 heteroatoms. The first-order valence-corrected chi connectivity index (χ1v) is 12.0. The minimum atomic E-state index is 0.675. The van der Waals surface area contributed by atoms with Crippen LogP contribution in [-0.4, -0.2) is 29.8 Å². The van der Waals surface area contributed by atoms with E-state index in [2.05, 4.69) is 48.1 Å². The lowest BCUT2D eigenvalue weighted by molar-refractivity contribution is 0.122. The third-order valence-corrected chi connectivity index (χ3v) is 5.25. The lowest BCUT2D eigenvalue weighted by Crippen LogP contribution is -2.02. The van der Waals surface area contributed by atoms with E-state index in [1.54, 1.807) is 12.4 Å². The molecule has 0 saturated heterocycles. The van der Waals surface area contributed by atoms with Gasteiger partial charge in [-0.3, -0.25) is 0 Å². The molecule has 166 valence electrons. The van der Waals surface area contributed by atoms with E-state index in [0.29, 0.717) is 6.61 Å². The molecule has 4 nitrogen and oxygen atoms in total. The Morgan fingerprint density at radius 2 is 1.27 bits per heavy atom. The monoisotopic (exact) mass is 412 g/mol. The molecule has 0 radical (unpaired) electrons. The molecule has 0 spiro atoms. The van der Waals surface area contributed by atoms with Crippen molar-refractivity contribution in [1.29, 1.82) is 0 Å². The van der Waals surface area contributed by atoms with Crippen molar-refractivity contribution in [2.24, 2.45) is 0 Å². The van der Waals surface area contributed by atoms with Crippen molar-refractivity contribution >= 4 is 0 Å². The van der Waals surface area contributed by atoms with Gasteiger partial charge in [-0.05, 0) is 37.7 Å². The maximum atomic E-state index is 5.76. The Labute approximate surface area is 183 Å². The highest BCUT2D eigenvalue weighted by Gasteiger charge is 2.03. The summed E-state index contributed by atoms with van der Waals surface area (Å²) >= 11 is 0. The third kappa shape index (κ3) is 10.2. The molecule has 0 aliphatic heterocycles. The minimum Gasteiger partial charge on any atom is -0.490 e. The molecule has 0 bridgehead atoms. The molecule has 30 heavy (non-hydrogen) atoms. The first-order valence-electron chi connectivity index (χ1n) is 12.0. The maximum Gasteiger partial charge on any atom is 0.159 e. The number of benzene rings is 1. The van der Waals surface area contributed by atoms with Crippen LogP contribution in [0.25, 0.3) is 11.4 Å². The van der Waals surface area contributed by atoms with Gasteiger partial charge in [-0.25, -0.2) is 9.97 Å². The van der Waals surface area contributed by atoms with E-state index in [-0.39, 0.29) is 0 Å². The smallest absolute Gasteiger partial charge is 0.159 e. The van der Waals surface area contributed by atoms with E-state index in [0.717, 1.165) is 49.6 Å². The quantitative estimate of drug-likeness (QED) is 0.262. The topological polar surface area (TPSA) is 44.2 Å². The molecule has 2 aromatic rings. The Kier molecular flexibility index (Phi) is 12.8. The van der Waals surface area contributed by atoms with Crippen LogP contribution < -0.4 is 4.74 Å². The third-order valence-electron chi connectivity index (χ3n) is 5.25. The van der Waals surface area contributed by atoms with Gasteiger partial charge >= 0.3 is 0 Å². The van der Waals surface area contributed by atoms with Gasteiger partial charge in [-0.15, -0.1) is 0 Å². The zero-order chi connectivity index (χ0) is 21.3. The summed E-state index contributed by atoms with van der Waals surface area (Å²) in [6, 6.07) is 8.63. The van der Waals surface area contributed by atoms with Crippen LogP contribution in [0.4, 0.5) is 0 Å². The fourth-order valence-corrected chi connectivity index (χ4v) is 3.35. The normalized spacial score (nSPS) is 11.0. The summed E-state index contributed by atoms with van der Waals surface area (Å²) in [5.74, 6) is 1.48. The van der Waals surface area contributed by atoms with Gasteiger partial charge in [0.15, 0.2) is 11.6 Å². The summed E-state index contributed by atoms with van der Waals surface area (Å²) in [6.07, 6.45) is 16.9. The zero-order valence-electron chi connectivity index (χ0n) is 19.1. The predicted octanol–water partition coefficient (Wildman–Crippen LogP) is 7.02. The van der Waals surface area contributed by atoms with Gasteiger partial charge in [0.1, 0.15) is 0 Å². The van der Waals surface area contributed by atoms with Crippen LogP contribution in [-0.2, 0) is 11.2 Å². The lowest BCUT2D eigenvalue weighted by Gasteiger charge is -2.07.